The van der Waals surface area contributed by atoms with Gasteiger partial charge in [0, 0.05) is 11.8 Å². The first-order chi connectivity index (χ1) is 7.77. The fraction of sp³-hybridized carbons (Fsp3) is 0.154. The molecule has 0 saturated heterocycles. The Morgan fingerprint density at radius 1 is 1.06 bits per heavy atom. The van der Waals surface area contributed by atoms with Crippen molar-refractivity contribution >= 4 is 22.4 Å². The highest BCUT2D eigenvalue weighted by Gasteiger charge is 2.24. The lowest BCUT2D eigenvalue weighted by molar-refractivity contribution is -0.124. The van der Waals surface area contributed by atoms with E-state index in [4.69, 9.17) is 0 Å². The Hall–Kier alpha value is -1.87. The minimum Gasteiger partial charge on any atom is -0.281 e. The van der Waals surface area contributed by atoms with Crippen LogP contribution in [0.2, 0.25) is 0 Å². The Balaban J connectivity index is 2.36. The molecule has 3 rings (SSSR count). The monoisotopic (exact) mass is 213 g/mol. The molecule has 0 fully saturated rings. The van der Waals surface area contributed by atoms with E-state index in [9.17, 15) is 10.0 Å². The SMILES string of the molecule is O=C1CCc2ccc3ccccc3c2N1O. The molecule has 0 saturated carbocycles. The predicted octanol–water partition coefficient (Wildman–Crippen LogP) is 2.51. The molecular weight excluding hydrogens is 202 g/mol. The molecule has 3 heteroatoms. The summed E-state index contributed by atoms with van der Waals surface area (Å²) in [6.07, 6.45) is 1.08. The number of hydroxylamine groups is 1. The second-order valence-corrected chi connectivity index (χ2v) is 4.00. The number of benzene rings is 2. The number of nitrogens with zero attached hydrogens (tertiary/aromatic N) is 1. The zero-order valence-electron chi connectivity index (χ0n) is 8.68. The maximum Gasteiger partial charge on any atom is 0.251 e. The predicted molar refractivity (Wildman–Crippen MR) is 61.5 cm³/mol. The summed E-state index contributed by atoms with van der Waals surface area (Å²) in [4.78, 5) is 11.5. The van der Waals surface area contributed by atoms with E-state index in [2.05, 4.69) is 0 Å². The van der Waals surface area contributed by atoms with Crippen molar-refractivity contribution in [3.05, 3.63) is 42.0 Å². The summed E-state index contributed by atoms with van der Waals surface area (Å²) in [5, 5.41) is 12.6. The summed E-state index contributed by atoms with van der Waals surface area (Å²) in [6.45, 7) is 0. The molecule has 2 aromatic carbocycles. The molecule has 1 aliphatic heterocycles. The minimum absolute atomic E-state index is 0.233. The highest BCUT2D eigenvalue weighted by Crippen LogP contribution is 2.34. The van der Waals surface area contributed by atoms with Gasteiger partial charge in [0.15, 0.2) is 0 Å². The van der Waals surface area contributed by atoms with Gasteiger partial charge in [-0.1, -0.05) is 36.4 Å². The van der Waals surface area contributed by atoms with Gasteiger partial charge in [-0.05, 0) is 17.4 Å². The van der Waals surface area contributed by atoms with Crippen LogP contribution in [0.1, 0.15) is 12.0 Å². The number of hydrogen-bond acceptors (Lipinski definition) is 2. The van der Waals surface area contributed by atoms with Crippen molar-refractivity contribution in [3.63, 3.8) is 0 Å². The van der Waals surface area contributed by atoms with Gasteiger partial charge < -0.3 is 0 Å². The van der Waals surface area contributed by atoms with Crippen molar-refractivity contribution in [2.75, 3.05) is 5.06 Å². The first kappa shape index (κ1) is 9.36. The molecule has 16 heavy (non-hydrogen) atoms. The zero-order chi connectivity index (χ0) is 11.1. The Kier molecular flexibility index (Phi) is 1.94. The third kappa shape index (κ3) is 1.22. The maximum absolute atomic E-state index is 11.5. The van der Waals surface area contributed by atoms with Crippen LogP contribution in [0.3, 0.4) is 0 Å². The van der Waals surface area contributed by atoms with Gasteiger partial charge in [-0.3, -0.25) is 10.0 Å². The molecule has 3 nitrogen and oxygen atoms in total. The topological polar surface area (TPSA) is 40.5 Å². The molecule has 1 amide bonds. The van der Waals surface area contributed by atoms with Crippen LogP contribution in [-0.2, 0) is 11.2 Å². The van der Waals surface area contributed by atoms with E-state index in [1.165, 1.54) is 0 Å². The van der Waals surface area contributed by atoms with E-state index in [0.29, 0.717) is 18.5 Å². The molecule has 1 N–H and O–H groups in total. The van der Waals surface area contributed by atoms with Crippen LogP contribution < -0.4 is 5.06 Å². The number of aryl methyl sites for hydroxylation is 1. The third-order valence-electron chi connectivity index (χ3n) is 3.04. The van der Waals surface area contributed by atoms with Crippen molar-refractivity contribution in [2.45, 2.75) is 12.8 Å². The van der Waals surface area contributed by atoms with Crippen LogP contribution in [0.15, 0.2) is 36.4 Å². The van der Waals surface area contributed by atoms with E-state index >= 15 is 0 Å². The summed E-state index contributed by atoms with van der Waals surface area (Å²) in [7, 11) is 0. The van der Waals surface area contributed by atoms with Gasteiger partial charge in [0.25, 0.3) is 5.91 Å². The average molecular weight is 213 g/mol. The lowest BCUT2D eigenvalue weighted by Crippen LogP contribution is -2.31. The smallest absolute Gasteiger partial charge is 0.251 e. The van der Waals surface area contributed by atoms with Gasteiger partial charge in [0.05, 0.1) is 5.69 Å². The van der Waals surface area contributed by atoms with Crippen LogP contribution in [-0.4, -0.2) is 11.1 Å². The summed E-state index contributed by atoms with van der Waals surface area (Å²) < 4.78 is 0. The number of rotatable bonds is 0. The van der Waals surface area contributed by atoms with Crippen LogP contribution in [0, 0.1) is 0 Å². The molecule has 0 bridgehead atoms. The average Bonchev–Trinajstić information content (AvgIpc) is 2.33. The molecule has 2 aromatic rings. The van der Waals surface area contributed by atoms with Gasteiger partial charge in [-0.15, -0.1) is 0 Å². The van der Waals surface area contributed by atoms with Crippen LogP contribution in [0.4, 0.5) is 5.69 Å². The fourth-order valence-corrected chi connectivity index (χ4v) is 2.22. The number of fused-ring (bicyclic) bond motifs is 3. The molecule has 80 valence electrons. The van der Waals surface area contributed by atoms with Gasteiger partial charge in [0.1, 0.15) is 0 Å². The van der Waals surface area contributed by atoms with Crippen molar-refractivity contribution in [1.29, 1.82) is 0 Å². The van der Waals surface area contributed by atoms with E-state index in [-0.39, 0.29) is 5.91 Å². The molecule has 1 heterocycles. The van der Waals surface area contributed by atoms with E-state index in [1.54, 1.807) is 0 Å². The first-order valence-electron chi connectivity index (χ1n) is 5.30. The van der Waals surface area contributed by atoms with Crippen molar-refractivity contribution in [2.24, 2.45) is 0 Å². The largest absolute Gasteiger partial charge is 0.281 e. The van der Waals surface area contributed by atoms with Gasteiger partial charge >= 0.3 is 0 Å². The molecule has 0 aromatic heterocycles. The molecule has 0 spiro atoms. The first-order valence-corrected chi connectivity index (χ1v) is 5.30. The molecule has 0 atom stereocenters. The Morgan fingerprint density at radius 3 is 2.75 bits per heavy atom. The number of amides is 1. The molecule has 0 unspecified atom stereocenters. The van der Waals surface area contributed by atoms with Gasteiger partial charge in [-0.25, -0.2) is 0 Å². The van der Waals surface area contributed by atoms with Crippen LogP contribution in [0.5, 0.6) is 0 Å². The third-order valence-corrected chi connectivity index (χ3v) is 3.04. The lowest BCUT2D eigenvalue weighted by Gasteiger charge is -2.25. The Labute approximate surface area is 92.9 Å². The molecule has 0 radical (unpaired) electrons. The molecule has 0 aliphatic carbocycles. The van der Waals surface area contributed by atoms with E-state index in [1.807, 2.05) is 36.4 Å². The van der Waals surface area contributed by atoms with Crippen LogP contribution >= 0.6 is 0 Å². The lowest BCUT2D eigenvalue weighted by atomic mass is 9.97. The number of carbonyl (C=O) groups excluding carboxylic acids is 1. The standard InChI is InChI=1S/C13H11NO2/c15-12-8-7-10-6-5-9-3-1-2-4-11(9)13(10)14(12)16/h1-6,16H,7-8H2. The minimum atomic E-state index is -0.233. The molecule has 1 aliphatic rings. The van der Waals surface area contributed by atoms with Crippen LogP contribution in [0.25, 0.3) is 10.8 Å². The van der Waals surface area contributed by atoms with Gasteiger partial charge in [0.2, 0.25) is 0 Å². The quantitative estimate of drug-likeness (QED) is 0.683. The van der Waals surface area contributed by atoms with Gasteiger partial charge in [-0.2, -0.15) is 5.06 Å². The Bertz CT molecular complexity index is 577. The van der Waals surface area contributed by atoms with E-state index < -0.39 is 0 Å². The van der Waals surface area contributed by atoms with Crippen molar-refractivity contribution in [1.82, 2.24) is 0 Å². The number of carbonyl (C=O) groups is 1. The highest BCUT2D eigenvalue weighted by atomic mass is 16.5. The van der Waals surface area contributed by atoms with Crippen molar-refractivity contribution < 1.29 is 10.0 Å². The highest BCUT2D eigenvalue weighted by molar-refractivity contribution is 6.05. The van der Waals surface area contributed by atoms with Crippen molar-refractivity contribution in [3.8, 4) is 0 Å². The fourth-order valence-electron chi connectivity index (χ4n) is 2.22. The summed E-state index contributed by atoms with van der Waals surface area (Å²) in [5.41, 5.74) is 1.68. The summed E-state index contributed by atoms with van der Waals surface area (Å²) >= 11 is 0. The Morgan fingerprint density at radius 2 is 1.88 bits per heavy atom. The van der Waals surface area contributed by atoms with E-state index in [0.717, 1.165) is 21.4 Å². The number of hydrogen-bond donors (Lipinski definition) is 1. The zero-order valence-corrected chi connectivity index (χ0v) is 8.68. The summed E-state index contributed by atoms with van der Waals surface area (Å²) in [5.74, 6) is -0.233. The summed E-state index contributed by atoms with van der Waals surface area (Å²) in [6, 6.07) is 11.8. The molecular formula is C13H11NO2. The number of anilines is 1. The maximum atomic E-state index is 11.5. The normalized spacial score (nSPS) is 15.3. The second-order valence-electron chi connectivity index (χ2n) is 4.00. The second kappa shape index (κ2) is 3.32.